The van der Waals surface area contributed by atoms with E-state index in [1.807, 2.05) is 11.5 Å². The van der Waals surface area contributed by atoms with E-state index in [1.165, 1.54) is 12.4 Å². The topological polar surface area (TPSA) is 92.9 Å². The van der Waals surface area contributed by atoms with Crippen LogP contribution >= 0.6 is 0 Å². The second kappa shape index (κ2) is 5.26. The molecule has 0 aliphatic heterocycles. The Labute approximate surface area is 104 Å². The van der Waals surface area contributed by atoms with E-state index < -0.39 is 5.97 Å². The lowest BCUT2D eigenvalue weighted by Gasteiger charge is -2.07. The van der Waals surface area contributed by atoms with Gasteiger partial charge in [0.05, 0.1) is 31.0 Å². The molecule has 0 radical (unpaired) electrons. The number of nitrogens with zero attached hydrogens (tertiary/aromatic N) is 4. The summed E-state index contributed by atoms with van der Waals surface area (Å²) < 4.78 is 2.01. The number of carbonyl (C=O) groups is 1. The van der Waals surface area contributed by atoms with Gasteiger partial charge in [-0.25, -0.2) is 19.7 Å². The van der Waals surface area contributed by atoms with E-state index >= 15 is 0 Å². The molecule has 0 bridgehead atoms. The number of hydrogen-bond donors (Lipinski definition) is 2. The minimum atomic E-state index is -1.09. The molecule has 2 heterocycles. The van der Waals surface area contributed by atoms with Crippen molar-refractivity contribution in [2.45, 2.75) is 20.0 Å². The molecule has 2 rings (SSSR count). The molecular formula is C11H13N5O2. The van der Waals surface area contributed by atoms with Crippen molar-refractivity contribution in [3.05, 3.63) is 36.3 Å². The van der Waals surface area contributed by atoms with Gasteiger partial charge in [-0.1, -0.05) is 0 Å². The van der Waals surface area contributed by atoms with Gasteiger partial charge in [0.15, 0.2) is 5.69 Å². The molecule has 0 spiro atoms. The normalized spacial score (nSPS) is 10.3. The average Bonchev–Trinajstić information content (AvgIpc) is 2.84. The lowest BCUT2D eigenvalue weighted by molar-refractivity contribution is 0.0690. The predicted molar refractivity (Wildman–Crippen MR) is 64.2 cm³/mol. The van der Waals surface area contributed by atoms with Gasteiger partial charge in [0.1, 0.15) is 5.82 Å². The quantitative estimate of drug-likeness (QED) is 0.818. The Hall–Kier alpha value is -2.44. The molecule has 0 aromatic carbocycles. The summed E-state index contributed by atoms with van der Waals surface area (Å²) >= 11 is 0. The van der Waals surface area contributed by atoms with E-state index in [4.69, 9.17) is 5.11 Å². The number of aryl methyl sites for hydroxylation is 1. The zero-order valence-electron chi connectivity index (χ0n) is 9.87. The van der Waals surface area contributed by atoms with Crippen LogP contribution in [0.1, 0.15) is 23.1 Å². The van der Waals surface area contributed by atoms with Crippen molar-refractivity contribution in [3.63, 3.8) is 0 Å². The number of carboxylic acid groups (broad SMARTS) is 1. The molecule has 2 N–H and O–H groups in total. The molecule has 0 aliphatic carbocycles. The van der Waals surface area contributed by atoms with E-state index in [2.05, 4.69) is 20.3 Å². The summed E-state index contributed by atoms with van der Waals surface area (Å²) in [6.45, 7) is 3.45. The Morgan fingerprint density at radius 2 is 2.22 bits per heavy atom. The van der Waals surface area contributed by atoms with Crippen molar-refractivity contribution >= 4 is 11.8 Å². The van der Waals surface area contributed by atoms with Gasteiger partial charge in [0.2, 0.25) is 0 Å². The largest absolute Gasteiger partial charge is 0.476 e. The second-order valence-electron chi connectivity index (χ2n) is 3.62. The van der Waals surface area contributed by atoms with Crippen LogP contribution < -0.4 is 5.32 Å². The average molecular weight is 247 g/mol. The lowest BCUT2D eigenvalue weighted by Crippen LogP contribution is -2.08. The first-order chi connectivity index (χ1) is 8.70. The van der Waals surface area contributed by atoms with Crippen molar-refractivity contribution in [1.82, 2.24) is 19.5 Å². The van der Waals surface area contributed by atoms with E-state index in [0.29, 0.717) is 12.4 Å². The van der Waals surface area contributed by atoms with Gasteiger partial charge in [0, 0.05) is 12.7 Å². The van der Waals surface area contributed by atoms with Gasteiger partial charge >= 0.3 is 5.97 Å². The van der Waals surface area contributed by atoms with Gasteiger partial charge in [-0.2, -0.15) is 0 Å². The molecule has 0 aliphatic rings. The molecule has 2 aromatic heterocycles. The van der Waals surface area contributed by atoms with E-state index in [0.717, 1.165) is 12.2 Å². The Kier molecular flexibility index (Phi) is 3.52. The number of aromatic carboxylic acids is 1. The molecule has 0 atom stereocenters. The van der Waals surface area contributed by atoms with E-state index in [-0.39, 0.29) is 5.69 Å². The van der Waals surface area contributed by atoms with Crippen molar-refractivity contribution < 1.29 is 9.90 Å². The number of hydrogen-bond acceptors (Lipinski definition) is 5. The molecule has 2 aromatic rings. The third-order valence-electron chi connectivity index (χ3n) is 2.46. The minimum absolute atomic E-state index is 0.0702. The summed E-state index contributed by atoms with van der Waals surface area (Å²) in [5, 5.41) is 11.8. The van der Waals surface area contributed by atoms with Crippen molar-refractivity contribution in [1.29, 1.82) is 0 Å². The molecule has 0 fully saturated rings. The Balaban J connectivity index is 2.00. The van der Waals surface area contributed by atoms with Gasteiger partial charge in [-0.05, 0) is 6.92 Å². The Morgan fingerprint density at radius 3 is 2.83 bits per heavy atom. The number of carboxylic acids is 1. The highest BCUT2D eigenvalue weighted by atomic mass is 16.4. The molecule has 18 heavy (non-hydrogen) atoms. The van der Waals surface area contributed by atoms with Crippen LogP contribution in [0.15, 0.2) is 24.9 Å². The fraction of sp³-hybridized carbons (Fsp3) is 0.273. The first-order valence-corrected chi connectivity index (χ1v) is 5.49. The molecule has 0 saturated heterocycles. The lowest BCUT2D eigenvalue weighted by atomic mass is 10.4. The van der Waals surface area contributed by atoms with Crippen molar-refractivity contribution in [2.75, 3.05) is 5.32 Å². The van der Waals surface area contributed by atoms with Crippen LogP contribution in [0.3, 0.4) is 0 Å². The maximum Gasteiger partial charge on any atom is 0.356 e. The number of anilines is 1. The molecular weight excluding hydrogens is 234 g/mol. The molecule has 7 heteroatoms. The van der Waals surface area contributed by atoms with Gasteiger partial charge < -0.3 is 15.0 Å². The van der Waals surface area contributed by atoms with Gasteiger partial charge in [-0.15, -0.1) is 0 Å². The molecule has 0 unspecified atom stereocenters. The summed E-state index contributed by atoms with van der Waals surface area (Å²) in [5.74, 6) is -0.554. The molecule has 0 amide bonds. The zero-order chi connectivity index (χ0) is 13.0. The number of rotatable bonds is 5. The fourth-order valence-corrected chi connectivity index (χ4v) is 1.49. The maximum atomic E-state index is 10.6. The van der Waals surface area contributed by atoms with Crippen LogP contribution in [-0.4, -0.2) is 30.6 Å². The van der Waals surface area contributed by atoms with E-state index in [9.17, 15) is 4.79 Å². The predicted octanol–water partition coefficient (Wildman–Crippen LogP) is 1.00. The fourth-order valence-electron chi connectivity index (χ4n) is 1.49. The summed E-state index contributed by atoms with van der Waals surface area (Å²) in [6, 6.07) is 0. The second-order valence-corrected chi connectivity index (χ2v) is 3.62. The molecule has 7 nitrogen and oxygen atoms in total. The van der Waals surface area contributed by atoms with Crippen LogP contribution in [0.25, 0.3) is 0 Å². The van der Waals surface area contributed by atoms with Crippen molar-refractivity contribution in [3.8, 4) is 0 Å². The number of imidazole rings is 1. The first-order valence-electron chi connectivity index (χ1n) is 5.49. The van der Waals surface area contributed by atoms with Crippen molar-refractivity contribution in [2.24, 2.45) is 0 Å². The number of aromatic nitrogens is 4. The SMILES string of the molecule is CCn1cncc1CNc1cnc(C(=O)O)cn1. The van der Waals surface area contributed by atoms with Crippen LogP contribution in [0.2, 0.25) is 0 Å². The van der Waals surface area contributed by atoms with Gasteiger partial charge in [0.25, 0.3) is 0 Å². The number of nitrogens with one attached hydrogen (secondary N) is 1. The highest BCUT2D eigenvalue weighted by Crippen LogP contribution is 2.05. The standard InChI is InChI=1S/C11H13N5O2/c1-2-16-7-12-3-8(16)4-14-10-6-13-9(5-15-10)11(17)18/h3,5-7H,2,4H2,1H3,(H,14,15)(H,17,18). The van der Waals surface area contributed by atoms with Crippen LogP contribution in [0.5, 0.6) is 0 Å². The van der Waals surface area contributed by atoms with Crippen LogP contribution in [0.4, 0.5) is 5.82 Å². The zero-order valence-corrected chi connectivity index (χ0v) is 9.87. The van der Waals surface area contributed by atoms with Crippen LogP contribution in [0, 0.1) is 0 Å². The third kappa shape index (κ3) is 2.62. The monoisotopic (exact) mass is 247 g/mol. The first kappa shape index (κ1) is 12.0. The summed E-state index contributed by atoms with van der Waals surface area (Å²) in [6.07, 6.45) is 6.16. The smallest absolute Gasteiger partial charge is 0.356 e. The maximum absolute atomic E-state index is 10.6. The Morgan fingerprint density at radius 1 is 1.39 bits per heavy atom. The van der Waals surface area contributed by atoms with Gasteiger partial charge in [-0.3, -0.25) is 0 Å². The summed E-state index contributed by atoms with van der Waals surface area (Å²) in [7, 11) is 0. The summed E-state index contributed by atoms with van der Waals surface area (Å²) in [4.78, 5) is 22.4. The Bertz CT molecular complexity index is 535. The van der Waals surface area contributed by atoms with Crippen LogP contribution in [-0.2, 0) is 13.1 Å². The molecule has 0 saturated carbocycles. The highest BCUT2D eigenvalue weighted by molar-refractivity contribution is 5.84. The molecule has 94 valence electrons. The minimum Gasteiger partial charge on any atom is -0.476 e. The van der Waals surface area contributed by atoms with E-state index in [1.54, 1.807) is 12.5 Å². The summed E-state index contributed by atoms with van der Waals surface area (Å²) in [5.41, 5.74) is 0.959. The third-order valence-corrected chi connectivity index (χ3v) is 2.46. The highest BCUT2D eigenvalue weighted by Gasteiger charge is 2.05.